The molecule has 3 heterocycles. The Morgan fingerprint density at radius 3 is 3.10 bits per heavy atom. The number of hydrogen-bond acceptors (Lipinski definition) is 8. The Kier molecular flexibility index (Phi) is 3.18. The lowest BCUT2D eigenvalue weighted by Gasteiger charge is -2.05. The van der Waals surface area contributed by atoms with Gasteiger partial charge in [-0.15, -0.1) is 5.10 Å². The molecule has 0 atom stereocenters. The highest BCUT2D eigenvalue weighted by atomic mass is 16.5. The van der Waals surface area contributed by atoms with Gasteiger partial charge in [0.2, 0.25) is 5.95 Å². The van der Waals surface area contributed by atoms with Crippen LogP contribution in [0.2, 0.25) is 0 Å². The Morgan fingerprint density at radius 2 is 2.33 bits per heavy atom. The van der Waals surface area contributed by atoms with Crippen molar-refractivity contribution in [2.24, 2.45) is 0 Å². The maximum atomic E-state index is 11.4. The Balaban J connectivity index is 2.12. The number of aromatic amines is 1. The third-order valence-electron chi connectivity index (χ3n) is 2.70. The van der Waals surface area contributed by atoms with Crippen LogP contribution in [0.15, 0.2) is 12.5 Å². The van der Waals surface area contributed by atoms with Gasteiger partial charge in [0.25, 0.3) is 5.82 Å². The molecule has 2 N–H and O–H groups in total. The Morgan fingerprint density at radius 1 is 1.48 bits per heavy atom. The number of carbonyl (C=O) groups is 1. The minimum absolute atomic E-state index is 0.0437. The van der Waals surface area contributed by atoms with Crippen molar-refractivity contribution in [1.82, 2.24) is 34.9 Å². The standard InChI is InChI=1S/C11H12N8O2/c1-3-12-11-15-7-6(4-14-17-7)9(16-11)19-5-13-8(18-19)10(20)21-2/h4-5H,3H2,1-2H3,(H2,12,14,15,16,17). The smallest absolute Gasteiger partial charge is 0.377 e. The molecule has 0 aliphatic heterocycles. The number of nitrogens with one attached hydrogen (secondary N) is 2. The van der Waals surface area contributed by atoms with Crippen molar-refractivity contribution in [3.8, 4) is 5.82 Å². The van der Waals surface area contributed by atoms with Gasteiger partial charge in [-0.3, -0.25) is 5.10 Å². The molecule has 3 rings (SSSR count). The van der Waals surface area contributed by atoms with E-state index < -0.39 is 5.97 Å². The molecule has 10 nitrogen and oxygen atoms in total. The lowest BCUT2D eigenvalue weighted by Crippen LogP contribution is -2.08. The summed E-state index contributed by atoms with van der Waals surface area (Å²) in [6.07, 6.45) is 2.97. The van der Waals surface area contributed by atoms with E-state index in [2.05, 4.69) is 40.3 Å². The van der Waals surface area contributed by atoms with Crippen LogP contribution in [0.3, 0.4) is 0 Å². The number of aromatic nitrogens is 7. The van der Waals surface area contributed by atoms with Gasteiger partial charge in [-0.1, -0.05) is 0 Å². The van der Waals surface area contributed by atoms with E-state index >= 15 is 0 Å². The summed E-state index contributed by atoms with van der Waals surface area (Å²) in [6.45, 7) is 2.61. The predicted molar refractivity (Wildman–Crippen MR) is 72.1 cm³/mol. The SMILES string of the molecule is CCNc1nc(-n2cnc(C(=O)OC)n2)c2cn[nH]c2n1. The fraction of sp³-hybridized carbons (Fsp3) is 0.273. The highest BCUT2D eigenvalue weighted by molar-refractivity contribution is 5.85. The Bertz CT molecular complexity index is 792. The molecular weight excluding hydrogens is 276 g/mol. The summed E-state index contributed by atoms with van der Waals surface area (Å²) in [5.41, 5.74) is 0.561. The van der Waals surface area contributed by atoms with Crippen molar-refractivity contribution >= 4 is 23.0 Å². The van der Waals surface area contributed by atoms with Crippen molar-refractivity contribution in [1.29, 1.82) is 0 Å². The van der Waals surface area contributed by atoms with Crippen LogP contribution in [-0.2, 0) is 4.74 Å². The van der Waals surface area contributed by atoms with Gasteiger partial charge < -0.3 is 10.1 Å². The van der Waals surface area contributed by atoms with Crippen LogP contribution in [0.25, 0.3) is 16.9 Å². The molecule has 0 spiro atoms. The van der Waals surface area contributed by atoms with Gasteiger partial charge in [0.15, 0.2) is 11.5 Å². The second kappa shape index (κ2) is 5.15. The number of carbonyl (C=O) groups excluding carboxylic acids is 1. The highest BCUT2D eigenvalue weighted by Gasteiger charge is 2.16. The van der Waals surface area contributed by atoms with Gasteiger partial charge in [0, 0.05) is 6.54 Å². The molecule has 3 aromatic rings. The summed E-state index contributed by atoms with van der Waals surface area (Å²) in [5.74, 6) is 0.239. The second-order valence-electron chi connectivity index (χ2n) is 4.04. The molecular formula is C11H12N8O2. The lowest BCUT2D eigenvalue weighted by molar-refractivity contribution is 0.0587. The monoisotopic (exact) mass is 288 g/mol. The van der Waals surface area contributed by atoms with E-state index in [4.69, 9.17) is 0 Å². The zero-order chi connectivity index (χ0) is 14.8. The number of esters is 1. The topological polar surface area (TPSA) is 124 Å². The molecule has 10 heteroatoms. The molecule has 0 aromatic carbocycles. The molecule has 0 saturated heterocycles. The molecule has 0 aliphatic carbocycles. The number of fused-ring (bicyclic) bond motifs is 1. The number of anilines is 1. The third kappa shape index (κ3) is 2.26. The highest BCUT2D eigenvalue weighted by Crippen LogP contribution is 2.18. The maximum Gasteiger partial charge on any atom is 0.377 e. The summed E-state index contributed by atoms with van der Waals surface area (Å²) >= 11 is 0. The van der Waals surface area contributed by atoms with E-state index in [1.807, 2.05) is 6.92 Å². The van der Waals surface area contributed by atoms with Gasteiger partial charge in [-0.05, 0) is 6.92 Å². The molecule has 0 amide bonds. The first-order valence-corrected chi connectivity index (χ1v) is 6.18. The van der Waals surface area contributed by atoms with E-state index in [1.54, 1.807) is 6.20 Å². The second-order valence-corrected chi connectivity index (χ2v) is 4.04. The molecule has 0 saturated carbocycles. The fourth-order valence-electron chi connectivity index (χ4n) is 1.78. The van der Waals surface area contributed by atoms with Gasteiger partial charge in [0.05, 0.1) is 18.7 Å². The first-order chi connectivity index (χ1) is 10.2. The Hall–Kier alpha value is -3.04. The molecule has 21 heavy (non-hydrogen) atoms. The van der Waals surface area contributed by atoms with Crippen molar-refractivity contribution in [3.63, 3.8) is 0 Å². The third-order valence-corrected chi connectivity index (χ3v) is 2.70. The minimum Gasteiger partial charge on any atom is -0.463 e. The molecule has 0 fully saturated rings. The molecule has 0 unspecified atom stereocenters. The molecule has 0 radical (unpaired) electrons. The largest absolute Gasteiger partial charge is 0.463 e. The van der Waals surface area contributed by atoms with E-state index in [1.165, 1.54) is 18.1 Å². The number of methoxy groups -OCH3 is 1. The summed E-state index contributed by atoms with van der Waals surface area (Å²) in [7, 11) is 1.27. The van der Waals surface area contributed by atoms with E-state index in [0.717, 1.165) is 0 Å². The van der Waals surface area contributed by atoms with Gasteiger partial charge in [0.1, 0.15) is 6.33 Å². The van der Waals surface area contributed by atoms with Gasteiger partial charge in [-0.2, -0.15) is 15.1 Å². The summed E-state index contributed by atoms with van der Waals surface area (Å²) in [6, 6.07) is 0. The average Bonchev–Trinajstić information content (AvgIpc) is 3.14. The summed E-state index contributed by atoms with van der Waals surface area (Å²) in [4.78, 5) is 23.9. The fourth-order valence-corrected chi connectivity index (χ4v) is 1.78. The first-order valence-electron chi connectivity index (χ1n) is 6.18. The van der Waals surface area contributed by atoms with Crippen LogP contribution >= 0.6 is 0 Å². The first kappa shape index (κ1) is 13.0. The van der Waals surface area contributed by atoms with Crippen molar-refractivity contribution in [2.75, 3.05) is 19.0 Å². The van der Waals surface area contributed by atoms with Crippen molar-refractivity contribution < 1.29 is 9.53 Å². The van der Waals surface area contributed by atoms with Crippen molar-refractivity contribution in [3.05, 3.63) is 18.3 Å². The average molecular weight is 288 g/mol. The maximum absolute atomic E-state index is 11.4. The van der Waals surface area contributed by atoms with Gasteiger partial charge in [-0.25, -0.2) is 14.5 Å². The number of H-pyrrole nitrogens is 1. The zero-order valence-electron chi connectivity index (χ0n) is 11.4. The van der Waals surface area contributed by atoms with Crippen LogP contribution in [0, 0.1) is 0 Å². The van der Waals surface area contributed by atoms with Crippen molar-refractivity contribution in [2.45, 2.75) is 6.92 Å². The normalized spacial score (nSPS) is 10.8. The lowest BCUT2D eigenvalue weighted by atomic mass is 10.4. The number of rotatable bonds is 4. The minimum atomic E-state index is -0.613. The summed E-state index contributed by atoms with van der Waals surface area (Å²) < 4.78 is 5.96. The Labute approximate surface area is 118 Å². The van der Waals surface area contributed by atoms with Crippen LogP contribution in [0.4, 0.5) is 5.95 Å². The van der Waals surface area contributed by atoms with Crippen LogP contribution < -0.4 is 5.32 Å². The van der Waals surface area contributed by atoms with E-state index in [9.17, 15) is 4.79 Å². The predicted octanol–water partition coefficient (Wildman–Crippen LogP) is 0.152. The van der Waals surface area contributed by atoms with Crippen LogP contribution in [-0.4, -0.2) is 54.6 Å². The molecule has 3 aromatic heterocycles. The van der Waals surface area contributed by atoms with E-state index in [0.29, 0.717) is 29.3 Å². The molecule has 0 aliphatic rings. The summed E-state index contributed by atoms with van der Waals surface area (Å²) in [5, 5.41) is 14.4. The van der Waals surface area contributed by atoms with Gasteiger partial charge >= 0.3 is 5.97 Å². The number of nitrogens with zero attached hydrogens (tertiary/aromatic N) is 6. The zero-order valence-corrected chi connectivity index (χ0v) is 11.4. The van der Waals surface area contributed by atoms with E-state index in [-0.39, 0.29) is 5.82 Å². The quantitative estimate of drug-likeness (QED) is 0.650. The molecule has 108 valence electrons. The van der Waals surface area contributed by atoms with Crippen LogP contribution in [0.1, 0.15) is 17.5 Å². The number of hydrogen-bond donors (Lipinski definition) is 2. The molecule has 0 bridgehead atoms. The van der Waals surface area contributed by atoms with Crippen LogP contribution in [0.5, 0.6) is 0 Å². The number of ether oxygens (including phenoxy) is 1.